The topological polar surface area (TPSA) is 50.7 Å². The van der Waals surface area contributed by atoms with E-state index >= 15 is 0 Å². The molecule has 0 aliphatic carbocycles. The summed E-state index contributed by atoms with van der Waals surface area (Å²) in [6.45, 7) is 10.8. The number of halogens is 1. The molecule has 7 heteroatoms. The molecule has 6 nitrogen and oxygen atoms in total. The van der Waals surface area contributed by atoms with Crippen molar-refractivity contribution in [3.05, 3.63) is 35.6 Å². The van der Waals surface area contributed by atoms with Crippen LogP contribution in [-0.4, -0.2) is 49.4 Å². The number of methoxy groups -OCH3 is 1. The number of nitrogens with zero attached hydrogens (tertiary/aromatic N) is 4. The van der Waals surface area contributed by atoms with E-state index in [9.17, 15) is 0 Å². The lowest BCUT2D eigenvalue weighted by atomic mass is 9.87. The van der Waals surface area contributed by atoms with Crippen LogP contribution in [0.15, 0.2) is 30.6 Å². The van der Waals surface area contributed by atoms with Gasteiger partial charge >= 0.3 is 0 Å². The molecule has 2 aromatic rings. The number of anilines is 2. The molecule has 3 unspecified atom stereocenters. The van der Waals surface area contributed by atoms with Gasteiger partial charge in [0, 0.05) is 50.7 Å². The van der Waals surface area contributed by atoms with Crippen molar-refractivity contribution in [1.82, 2.24) is 9.97 Å². The van der Waals surface area contributed by atoms with Crippen molar-refractivity contribution in [2.24, 2.45) is 17.8 Å². The Morgan fingerprint density at radius 3 is 2.50 bits per heavy atom. The van der Waals surface area contributed by atoms with Crippen molar-refractivity contribution in [3.63, 3.8) is 0 Å². The highest BCUT2D eigenvalue weighted by molar-refractivity contribution is 6.33. The summed E-state index contributed by atoms with van der Waals surface area (Å²) in [6.07, 6.45) is 7.03. The van der Waals surface area contributed by atoms with Crippen LogP contribution in [0.5, 0.6) is 11.8 Å². The molecular formula is C25H35ClN4O2. The van der Waals surface area contributed by atoms with Crippen molar-refractivity contribution in [2.45, 2.75) is 46.1 Å². The van der Waals surface area contributed by atoms with Gasteiger partial charge in [-0.15, -0.1) is 0 Å². The number of rotatable bonds is 7. The maximum atomic E-state index is 6.48. The smallest absolute Gasteiger partial charge is 0.215 e. The summed E-state index contributed by atoms with van der Waals surface area (Å²) in [5.41, 5.74) is 2.17. The first-order valence-electron chi connectivity index (χ1n) is 11.7. The second-order valence-electron chi connectivity index (χ2n) is 9.65. The van der Waals surface area contributed by atoms with Crippen molar-refractivity contribution < 1.29 is 9.47 Å². The van der Waals surface area contributed by atoms with Gasteiger partial charge in [-0.2, -0.15) is 0 Å². The van der Waals surface area contributed by atoms with Gasteiger partial charge in [0.1, 0.15) is 6.10 Å². The highest BCUT2D eigenvalue weighted by Crippen LogP contribution is 2.35. The number of ether oxygens (including phenoxy) is 2. The van der Waals surface area contributed by atoms with E-state index in [2.05, 4.69) is 46.6 Å². The zero-order chi connectivity index (χ0) is 22.7. The second kappa shape index (κ2) is 10.2. The van der Waals surface area contributed by atoms with Gasteiger partial charge in [0.2, 0.25) is 11.8 Å². The van der Waals surface area contributed by atoms with Gasteiger partial charge in [-0.25, -0.2) is 9.97 Å². The molecule has 0 bridgehead atoms. The van der Waals surface area contributed by atoms with E-state index in [4.69, 9.17) is 21.1 Å². The fourth-order valence-corrected chi connectivity index (χ4v) is 5.16. The molecule has 2 fully saturated rings. The highest BCUT2D eigenvalue weighted by atomic mass is 35.5. The van der Waals surface area contributed by atoms with Crippen LogP contribution in [0.2, 0.25) is 5.02 Å². The maximum absolute atomic E-state index is 6.48. The first-order valence-corrected chi connectivity index (χ1v) is 12.1. The molecule has 4 heterocycles. The molecule has 174 valence electrons. The highest BCUT2D eigenvalue weighted by Gasteiger charge is 2.32. The Bertz CT molecular complexity index is 892. The first kappa shape index (κ1) is 23.0. The van der Waals surface area contributed by atoms with Gasteiger partial charge in [0.05, 0.1) is 35.9 Å². The normalized spacial score (nSPS) is 23.6. The Morgan fingerprint density at radius 2 is 1.84 bits per heavy atom. The minimum atomic E-state index is 0.140. The zero-order valence-corrected chi connectivity index (χ0v) is 20.4. The monoisotopic (exact) mass is 458 g/mol. The number of piperidine rings is 1. The summed E-state index contributed by atoms with van der Waals surface area (Å²) in [7, 11) is 1.63. The molecule has 2 aliphatic heterocycles. The fourth-order valence-electron chi connectivity index (χ4n) is 4.93. The molecule has 0 radical (unpaired) electrons. The number of hydrogen-bond donors (Lipinski definition) is 0. The van der Waals surface area contributed by atoms with Gasteiger partial charge in [0.25, 0.3) is 0 Å². The van der Waals surface area contributed by atoms with E-state index in [-0.39, 0.29) is 6.10 Å². The molecule has 2 aromatic heterocycles. The average molecular weight is 459 g/mol. The SMILES string of the molecule is COc1cc(N2CCC(Oc3ccc(N4CCC(C)C4)cn3)C(CC(C)C)C2)c(Cl)cn1. The lowest BCUT2D eigenvalue weighted by Gasteiger charge is -2.40. The molecule has 0 N–H and O–H groups in total. The predicted molar refractivity (Wildman–Crippen MR) is 130 cm³/mol. The molecule has 0 aromatic carbocycles. The summed E-state index contributed by atoms with van der Waals surface area (Å²) >= 11 is 6.48. The van der Waals surface area contributed by atoms with Gasteiger partial charge < -0.3 is 19.3 Å². The lowest BCUT2D eigenvalue weighted by Crippen LogP contribution is -2.46. The fraction of sp³-hybridized carbons (Fsp3) is 0.600. The van der Waals surface area contributed by atoms with Crippen LogP contribution in [0.25, 0.3) is 0 Å². The summed E-state index contributed by atoms with van der Waals surface area (Å²) in [5.74, 6) is 3.03. The molecule has 0 amide bonds. The second-order valence-corrected chi connectivity index (χ2v) is 10.1. The number of aromatic nitrogens is 2. The quantitative estimate of drug-likeness (QED) is 0.560. The van der Waals surface area contributed by atoms with Crippen LogP contribution in [0.3, 0.4) is 0 Å². The number of pyridine rings is 2. The first-order chi connectivity index (χ1) is 15.4. The average Bonchev–Trinajstić information content (AvgIpc) is 3.22. The van der Waals surface area contributed by atoms with E-state index < -0.39 is 0 Å². The Labute approximate surface area is 196 Å². The van der Waals surface area contributed by atoms with Crippen LogP contribution in [0.4, 0.5) is 11.4 Å². The third-order valence-electron chi connectivity index (χ3n) is 6.58. The zero-order valence-electron chi connectivity index (χ0n) is 19.6. The molecule has 2 aliphatic rings. The summed E-state index contributed by atoms with van der Waals surface area (Å²) < 4.78 is 11.8. The van der Waals surface area contributed by atoms with Crippen molar-refractivity contribution >= 4 is 23.0 Å². The van der Waals surface area contributed by atoms with Crippen LogP contribution < -0.4 is 19.3 Å². The van der Waals surface area contributed by atoms with Gasteiger partial charge in [-0.1, -0.05) is 32.4 Å². The number of hydrogen-bond acceptors (Lipinski definition) is 6. The van der Waals surface area contributed by atoms with Crippen LogP contribution in [-0.2, 0) is 0 Å². The standard InChI is InChI=1S/C25H35ClN4O2/c1-17(2)11-19-16-30(22-12-25(31-4)28-14-21(22)26)10-8-23(19)32-24-6-5-20(13-27-24)29-9-7-18(3)15-29/h5-6,12-14,17-19,23H,7-11,15-16H2,1-4H3. The molecule has 0 spiro atoms. The Hall–Kier alpha value is -2.21. The molecule has 3 atom stereocenters. The third-order valence-corrected chi connectivity index (χ3v) is 6.87. The lowest BCUT2D eigenvalue weighted by molar-refractivity contribution is 0.0944. The van der Waals surface area contributed by atoms with Crippen molar-refractivity contribution in [1.29, 1.82) is 0 Å². The Morgan fingerprint density at radius 1 is 1.06 bits per heavy atom. The molecule has 4 rings (SSSR count). The van der Waals surface area contributed by atoms with Crippen LogP contribution in [0.1, 0.15) is 40.0 Å². The maximum Gasteiger partial charge on any atom is 0.215 e. The van der Waals surface area contributed by atoms with E-state index in [1.165, 1.54) is 12.1 Å². The minimum Gasteiger partial charge on any atom is -0.481 e. The van der Waals surface area contributed by atoms with Gasteiger partial charge in [0.15, 0.2) is 0 Å². The largest absolute Gasteiger partial charge is 0.481 e. The van der Waals surface area contributed by atoms with E-state index in [1.807, 2.05) is 18.3 Å². The van der Waals surface area contributed by atoms with Crippen molar-refractivity contribution in [2.75, 3.05) is 43.1 Å². The van der Waals surface area contributed by atoms with E-state index in [1.54, 1.807) is 13.3 Å². The predicted octanol–water partition coefficient (Wildman–Crippen LogP) is 5.30. The third kappa shape index (κ3) is 5.40. The molecule has 2 saturated heterocycles. The Kier molecular flexibility index (Phi) is 7.29. The van der Waals surface area contributed by atoms with Gasteiger partial charge in [-0.05, 0) is 30.7 Å². The minimum absolute atomic E-state index is 0.140. The summed E-state index contributed by atoms with van der Waals surface area (Å²) in [5, 5.41) is 0.655. The summed E-state index contributed by atoms with van der Waals surface area (Å²) in [6, 6.07) is 6.10. The molecular weight excluding hydrogens is 424 g/mol. The van der Waals surface area contributed by atoms with Crippen LogP contribution in [0, 0.1) is 17.8 Å². The van der Waals surface area contributed by atoms with E-state index in [0.717, 1.165) is 56.5 Å². The molecule has 32 heavy (non-hydrogen) atoms. The van der Waals surface area contributed by atoms with Crippen molar-refractivity contribution in [3.8, 4) is 11.8 Å². The van der Waals surface area contributed by atoms with Gasteiger partial charge in [-0.3, -0.25) is 0 Å². The Balaban J connectivity index is 1.45. The van der Waals surface area contributed by atoms with E-state index in [0.29, 0.717) is 22.7 Å². The summed E-state index contributed by atoms with van der Waals surface area (Å²) in [4.78, 5) is 13.6. The molecule has 0 saturated carbocycles. The van der Waals surface area contributed by atoms with Crippen LogP contribution >= 0.6 is 11.6 Å².